The average Bonchev–Trinajstić information content (AvgIpc) is 3.54. The zero-order chi connectivity index (χ0) is 33.2. The Morgan fingerprint density at radius 2 is 1.91 bits per heavy atom. The van der Waals surface area contributed by atoms with E-state index in [-0.39, 0.29) is 35.4 Å². The maximum absolute atomic E-state index is 14.4. The Bertz CT molecular complexity index is 1580. The molecule has 8 nitrogen and oxygen atoms in total. The molecule has 0 bridgehead atoms. The third-order valence-corrected chi connectivity index (χ3v) is 10.2. The number of halogens is 4. The Hall–Kier alpha value is -2.79. The second kappa shape index (κ2) is 14.5. The van der Waals surface area contributed by atoms with Gasteiger partial charge in [-0.15, -0.1) is 11.3 Å². The first kappa shape index (κ1) is 34.5. The summed E-state index contributed by atoms with van der Waals surface area (Å²) in [5.74, 6) is -1.07. The number of nitrogens with zero attached hydrogens (tertiary/aromatic N) is 3. The van der Waals surface area contributed by atoms with E-state index in [1.54, 1.807) is 39.1 Å². The molecule has 1 aliphatic heterocycles. The first-order valence-corrected chi connectivity index (χ1v) is 17.2. The minimum atomic E-state index is -0.673. The molecule has 0 radical (unpaired) electrons. The largest absolute Gasteiger partial charge is 0.484 e. The topological polar surface area (TPSA) is 84.0 Å². The van der Waals surface area contributed by atoms with Crippen LogP contribution < -0.4 is 15.0 Å². The third-order valence-electron chi connectivity index (χ3n) is 7.82. The lowest BCUT2D eigenvalue weighted by Gasteiger charge is -2.28. The summed E-state index contributed by atoms with van der Waals surface area (Å²) in [5, 5.41) is 4.73. The number of carbonyl (C=O) groups excluding carboxylic acids is 2. The van der Waals surface area contributed by atoms with Crippen LogP contribution in [-0.2, 0) is 22.5 Å². The predicted octanol–water partition coefficient (Wildman–Crippen LogP) is 8.08. The zero-order valence-electron chi connectivity index (χ0n) is 26.2. The molecule has 1 saturated heterocycles. The number of benzene rings is 2. The van der Waals surface area contributed by atoms with Crippen LogP contribution in [-0.4, -0.2) is 59.3 Å². The highest BCUT2D eigenvalue weighted by atomic mass is 35.5. The Morgan fingerprint density at radius 1 is 1.15 bits per heavy atom. The van der Waals surface area contributed by atoms with Crippen LogP contribution in [0.1, 0.15) is 56.0 Å². The molecule has 1 aliphatic carbocycles. The summed E-state index contributed by atoms with van der Waals surface area (Å²) in [5.41, 5.74) is 0.845. The van der Waals surface area contributed by atoms with Crippen molar-refractivity contribution >= 4 is 63.3 Å². The van der Waals surface area contributed by atoms with Crippen molar-refractivity contribution < 1.29 is 23.5 Å². The molecule has 2 aliphatic rings. The monoisotopic (exact) mass is 710 g/mol. The van der Waals surface area contributed by atoms with E-state index in [1.807, 2.05) is 24.0 Å². The quantitative estimate of drug-likeness (QED) is 0.217. The molecule has 2 amide bonds. The maximum atomic E-state index is 14.4. The van der Waals surface area contributed by atoms with Gasteiger partial charge in [0.2, 0.25) is 5.91 Å². The van der Waals surface area contributed by atoms with Gasteiger partial charge in [0.25, 0.3) is 0 Å². The number of rotatable bonds is 11. The van der Waals surface area contributed by atoms with E-state index in [0.29, 0.717) is 42.5 Å². The van der Waals surface area contributed by atoms with Crippen LogP contribution in [0.5, 0.6) is 5.75 Å². The Kier molecular flexibility index (Phi) is 10.9. The average molecular weight is 712 g/mol. The highest BCUT2D eigenvalue weighted by Gasteiger charge is 2.37. The molecule has 3 aromatic rings. The van der Waals surface area contributed by atoms with Gasteiger partial charge in [-0.1, -0.05) is 53.0 Å². The van der Waals surface area contributed by atoms with Crippen molar-refractivity contribution in [2.45, 2.75) is 77.7 Å². The normalized spacial score (nSPS) is 17.1. The summed E-state index contributed by atoms with van der Waals surface area (Å²) >= 11 is 20.6. The second-order valence-corrected chi connectivity index (χ2v) is 15.0. The summed E-state index contributed by atoms with van der Waals surface area (Å²) in [6, 6.07) is 8.49. The van der Waals surface area contributed by atoms with Gasteiger partial charge in [0.15, 0.2) is 16.7 Å². The van der Waals surface area contributed by atoms with Gasteiger partial charge in [0, 0.05) is 43.2 Å². The van der Waals surface area contributed by atoms with Gasteiger partial charge in [-0.25, -0.2) is 14.2 Å². The molecule has 13 heteroatoms. The van der Waals surface area contributed by atoms with E-state index in [0.717, 1.165) is 34.0 Å². The molecule has 2 aromatic carbocycles. The molecule has 2 fully saturated rings. The SMILES string of the molecule is Cc1ccc(F)c(OC2CCN(c3ncc(CC(CNC(=O)OC(C)(C)C)C(=O)N(Cc4cccc(Cl)c4Cl)C4CC4)s3)C2)c1Cl. The lowest BCUT2D eigenvalue weighted by Crippen LogP contribution is -2.44. The van der Waals surface area contributed by atoms with Crippen LogP contribution >= 0.6 is 46.1 Å². The van der Waals surface area contributed by atoms with E-state index in [4.69, 9.17) is 44.3 Å². The number of anilines is 1. The number of thiazole rings is 1. The van der Waals surface area contributed by atoms with Gasteiger partial charge in [-0.2, -0.15) is 0 Å². The number of amides is 2. The first-order chi connectivity index (χ1) is 21.8. The number of nitrogens with one attached hydrogen (secondary N) is 1. The van der Waals surface area contributed by atoms with Crippen molar-refractivity contribution in [3.8, 4) is 5.75 Å². The summed E-state index contributed by atoms with van der Waals surface area (Å²) < 4.78 is 25.9. The third kappa shape index (κ3) is 8.76. The lowest BCUT2D eigenvalue weighted by molar-refractivity contribution is -0.136. The highest BCUT2D eigenvalue weighted by molar-refractivity contribution is 7.15. The van der Waals surface area contributed by atoms with Crippen LogP contribution in [0.2, 0.25) is 15.1 Å². The Morgan fingerprint density at radius 3 is 2.63 bits per heavy atom. The molecule has 2 heterocycles. The number of hydrogen-bond donors (Lipinski definition) is 1. The van der Waals surface area contributed by atoms with Crippen molar-refractivity contribution in [3.05, 3.63) is 73.4 Å². The summed E-state index contributed by atoms with van der Waals surface area (Å²) in [6.45, 7) is 8.79. The van der Waals surface area contributed by atoms with Gasteiger partial charge < -0.3 is 24.6 Å². The van der Waals surface area contributed by atoms with Gasteiger partial charge in [0.1, 0.15) is 11.7 Å². The lowest BCUT2D eigenvalue weighted by atomic mass is 10.0. The molecular weight excluding hydrogens is 674 g/mol. The van der Waals surface area contributed by atoms with E-state index in [1.165, 1.54) is 17.4 Å². The molecule has 1 N–H and O–H groups in total. The standard InChI is InChI=1S/C33H38Cl3FN4O4S/c1-19-8-11-26(37)29(27(19)35)44-23-12-13-40(18-23)31-38-16-24(46-31)14-21(15-39-32(43)45-33(2,3)4)30(42)41(22-9-10-22)17-20-6-5-7-25(34)28(20)36/h5-8,11,16,21-23H,9-10,12-15,17-18H2,1-4H3,(H,39,43). The second-order valence-electron chi connectivity index (χ2n) is 12.8. The minimum absolute atomic E-state index is 0.0754. The summed E-state index contributed by atoms with van der Waals surface area (Å²) in [7, 11) is 0. The van der Waals surface area contributed by atoms with Gasteiger partial charge in [0.05, 0.1) is 27.5 Å². The van der Waals surface area contributed by atoms with Crippen LogP contribution in [0.15, 0.2) is 36.5 Å². The molecule has 1 saturated carbocycles. The van der Waals surface area contributed by atoms with Crippen molar-refractivity contribution in [1.82, 2.24) is 15.2 Å². The maximum Gasteiger partial charge on any atom is 0.407 e. The molecule has 2 unspecified atom stereocenters. The van der Waals surface area contributed by atoms with Crippen molar-refractivity contribution in [3.63, 3.8) is 0 Å². The van der Waals surface area contributed by atoms with Crippen molar-refractivity contribution in [1.29, 1.82) is 0 Å². The number of alkyl carbamates (subject to hydrolysis) is 1. The smallest absolute Gasteiger partial charge is 0.407 e. The summed E-state index contributed by atoms with van der Waals surface area (Å²) in [6.07, 6.45) is 3.79. The molecule has 1 aromatic heterocycles. The number of hydrogen-bond acceptors (Lipinski definition) is 7. The number of aryl methyl sites for hydroxylation is 1. The van der Waals surface area contributed by atoms with Gasteiger partial charge >= 0.3 is 6.09 Å². The number of ether oxygens (including phenoxy) is 2. The van der Waals surface area contributed by atoms with Gasteiger partial charge in [-0.3, -0.25) is 4.79 Å². The van der Waals surface area contributed by atoms with Crippen LogP contribution in [0, 0.1) is 18.7 Å². The Balaban J connectivity index is 1.29. The molecule has 248 valence electrons. The number of aromatic nitrogens is 1. The minimum Gasteiger partial charge on any atom is -0.484 e. The van der Waals surface area contributed by atoms with E-state index in [9.17, 15) is 14.0 Å². The van der Waals surface area contributed by atoms with E-state index >= 15 is 0 Å². The molecular formula is C33H38Cl3FN4O4S. The first-order valence-electron chi connectivity index (χ1n) is 15.3. The van der Waals surface area contributed by atoms with Crippen LogP contribution in [0.25, 0.3) is 0 Å². The fourth-order valence-corrected chi connectivity index (χ4v) is 6.92. The van der Waals surface area contributed by atoms with E-state index < -0.39 is 23.4 Å². The summed E-state index contributed by atoms with van der Waals surface area (Å²) in [4.78, 5) is 36.2. The fraction of sp³-hybridized carbons (Fsp3) is 0.485. The van der Waals surface area contributed by atoms with E-state index in [2.05, 4.69) is 15.2 Å². The van der Waals surface area contributed by atoms with Crippen LogP contribution in [0.4, 0.5) is 14.3 Å². The van der Waals surface area contributed by atoms with Crippen LogP contribution in [0.3, 0.4) is 0 Å². The Labute approximate surface area is 288 Å². The fourth-order valence-electron chi connectivity index (χ4n) is 5.31. The highest BCUT2D eigenvalue weighted by Crippen LogP contribution is 2.36. The molecule has 2 atom stereocenters. The number of carbonyl (C=O) groups is 2. The predicted molar refractivity (Wildman–Crippen MR) is 181 cm³/mol. The molecule has 0 spiro atoms. The van der Waals surface area contributed by atoms with Gasteiger partial charge in [-0.05, 0) is 70.2 Å². The molecule has 5 rings (SSSR count). The van der Waals surface area contributed by atoms with Crippen molar-refractivity contribution in [2.24, 2.45) is 5.92 Å². The molecule has 46 heavy (non-hydrogen) atoms. The zero-order valence-corrected chi connectivity index (χ0v) is 29.3. The van der Waals surface area contributed by atoms with Crippen molar-refractivity contribution in [2.75, 3.05) is 24.5 Å².